The highest BCUT2D eigenvalue weighted by atomic mass is 32.2. The largest absolute Gasteiger partial charge is 0.462 e. The zero-order chi connectivity index (χ0) is 19.8. The van der Waals surface area contributed by atoms with Crippen LogP contribution in [0, 0.1) is 22.7 Å². The molecule has 1 aromatic heterocycles. The van der Waals surface area contributed by atoms with Gasteiger partial charge in [-0.05, 0) is 37.3 Å². The van der Waals surface area contributed by atoms with Gasteiger partial charge in [0.05, 0.1) is 29.1 Å². The van der Waals surface area contributed by atoms with Crippen molar-refractivity contribution in [3.63, 3.8) is 0 Å². The Labute approximate surface area is 159 Å². The molecule has 8 nitrogen and oxygen atoms in total. The summed E-state index contributed by atoms with van der Waals surface area (Å²) in [5.74, 6) is -0.752. The Morgan fingerprint density at radius 2 is 1.89 bits per heavy atom. The van der Waals surface area contributed by atoms with Crippen molar-refractivity contribution >= 4 is 35.1 Å². The Morgan fingerprint density at radius 3 is 2.48 bits per heavy atom. The number of nitrogen functional groups attached to an aromatic ring is 1. The summed E-state index contributed by atoms with van der Waals surface area (Å²) in [7, 11) is 0. The maximum atomic E-state index is 12.1. The molecule has 1 aromatic carbocycles. The second-order valence-corrected chi connectivity index (χ2v) is 6.10. The number of thioether (sulfide) groups is 1. The molecule has 0 aliphatic carbocycles. The molecule has 0 atom stereocenters. The van der Waals surface area contributed by atoms with Crippen molar-refractivity contribution < 1.29 is 14.3 Å². The zero-order valence-electron chi connectivity index (χ0n) is 14.4. The van der Waals surface area contributed by atoms with Gasteiger partial charge in [-0.25, -0.2) is 9.78 Å². The molecule has 2 aromatic rings. The van der Waals surface area contributed by atoms with Crippen LogP contribution in [-0.4, -0.2) is 29.2 Å². The highest BCUT2D eigenvalue weighted by molar-refractivity contribution is 8.00. The molecule has 0 fully saturated rings. The molecule has 9 heteroatoms. The van der Waals surface area contributed by atoms with Crippen LogP contribution in [0.25, 0.3) is 0 Å². The van der Waals surface area contributed by atoms with E-state index in [1.165, 1.54) is 6.07 Å². The van der Waals surface area contributed by atoms with Crippen molar-refractivity contribution in [1.29, 1.82) is 10.5 Å². The normalized spacial score (nSPS) is 9.74. The number of esters is 1. The number of nitriles is 2. The van der Waals surface area contributed by atoms with Gasteiger partial charge in [0.15, 0.2) is 0 Å². The van der Waals surface area contributed by atoms with Crippen molar-refractivity contribution in [2.45, 2.75) is 11.9 Å². The van der Waals surface area contributed by atoms with Crippen LogP contribution in [0.2, 0.25) is 0 Å². The van der Waals surface area contributed by atoms with Crippen LogP contribution in [0.15, 0.2) is 35.4 Å². The van der Waals surface area contributed by atoms with E-state index in [0.29, 0.717) is 11.3 Å². The van der Waals surface area contributed by atoms with E-state index in [0.717, 1.165) is 11.8 Å². The summed E-state index contributed by atoms with van der Waals surface area (Å²) in [5, 5.41) is 21.0. The lowest BCUT2D eigenvalue weighted by Gasteiger charge is -2.08. The first-order valence-electron chi connectivity index (χ1n) is 7.79. The number of hydrogen-bond acceptors (Lipinski definition) is 8. The molecule has 3 N–H and O–H groups in total. The first kappa shape index (κ1) is 19.8. The monoisotopic (exact) mass is 381 g/mol. The van der Waals surface area contributed by atoms with Crippen LogP contribution < -0.4 is 11.1 Å². The van der Waals surface area contributed by atoms with Crippen LogP contribution >= 0.6 is 11.8 Å². The number of amides is 1. The van der Waals surface area contributed by atoms with Gasteiger partial charge in [-0.15, -0.1) is 0 Å². The van der Waals surface area contributed by atoms with Crippen LogP contribution in [0.4, 0.5) is 11.5 Å². The second kappa shape index (κ2) is 9.22. The number of nitrogens with two attached hydrogens (primary N) is 1. The van der Waals surface area contributed by atoms with E-state index >= 15 is 0 Å². The molecular weight excluding hydrogens is 366 g/mol. The van der Waals surface area contributed by atoms with Crippen molar-refractivity contribution in [2.24, 2.45) is 0 Å². The van der Waals surface area contributed by atoms with Gasteiger partial charge >= 0.3 is 5.97 Å². The third kappa shape index (κ3) is 5.21. The highest BCUT2D eigenvalue weighted by Gasteiger charge is 2.13. The summed E-state index contributed by atoms with van der Waals surface area (Å²) in [6, 6.07) is 11.4. The quantitative estimate of drug-likeness (QED) is 0.573. The minimum atomic E-state index is -0.431. The molecule has 0 saturated heterocycles. The number of rotatable bonds is 6. The van der Waals surface area contributed by atoms with E-state index in [-0.39, 0.29) is 40.2 Å². The van der Waals surface area contributed by atoms with Gasteiger partial charge in [0, 0.05) is 5.69 Å². The Bertz CT molecular complexity index is 945. The molecule has 0 aliphatic heterocycles. The third-order valence-corrected chi connectivity index (χ3v) is 4.27. The van der Waals surface area contributed by atoms with Gasteiger partial charge in [-0.2, -0.15) is 10.5 Å². The van der Waals surface area contributed by atoms with Crippen molar-refractivity contribution in [3.05, 3.63) is 47.0 Å². The predicted molar refractivity (Wildman–Crippen MR) is 99.8 cm³/mol. The molecule has 27 heavy (non-hydrogen) atoms. The van der Waals surface area contributed by atoms with Gasteiger partial charge in [0.1, 0.15) is 23.0 Å². The zero-order valence-corrected chi connectivity index (χ0v) is 15.2. The molecular formula is C18H15N5O3S. The summed E-state index contributed by atoms with van der Waals surface area (Å²) >= 11 is 1.04. The van der Waals surface area contributed by atoms with Crippen molar-refractivity contribution in [3.8, 4) is 12.1 Å². The maximum absolute atomic E-state index is 12.1. The number of anilines is 2. The molecule has 0 saturated carbocycles. The fourth-order valence-corrected chi connectivity index (χ4v) is 2.79. The third-order valence-electron chi connectivity index (χ3n) is 3.28. The predicted octanol–water partition coefficient (Wildman–Crippen LogP) is 2.31. The van der Waals surface area contributed by atoms with Crippen molar-refractivity contribution in [1.82, 2.24) is 4.98 Å². The van der Waals surface area contributed by atoms with Crippen LogP contribution in [-0.2, 0) is 9.53 Å². The second-order valence-electron chi connectivity index (χ2n) is 5.13. The topological polar surface area (TPSA) is 142 Å². The molecule has 0 aliphatic rings. The Balaban J connectivity index is 1.99. The molecule has 0 spiro atoms. The number of hydrogen-bond donors (Lipinski definition) is 2. The van der Waals surface area contributed by atoms with E-state index in [4.69, 9.17) is 21.0 Å². The molecule has 1 amide bonds. The fourth-order valence-electron chi connectivity index (χ4n) is 2.02. The number of nitrogens with zero attached hydrogens (tertiary/aromatic N) is 3. The number of pyridine rings is 1. The van der Waals surface area contributed by atoms with Gasteiger partial charge in [0.25, 0.3) is 0 Å². The summed E-state index contributed by atoms with van der Waals surface area (Å²) < 4.78 is 4.89. The number of benzene rings is 1. The number of carbonyl (C=O) groups excluding carboxylic acids is 2. The van der Waals surface area contributed by atoms with Gasteiger partial charge in [-0.3, -0.25) is 4.79 Å². The fraction of sp³-hybridized carbons (Fsp3) is 0.167. The summed E-state index contributed by atoms with van der Waals surface area (Å²) in [6.07, 6.45) is 0. The van der Waals surface area contributed by atoms with Crippen LogP contribution in [0.3, 0.4) is 0 Å². The standard InChI is InChI=1S/C18H15N5O3S/c1-2-26-18(25)11-3-5-14(6-4-11)22-15(24)10-27-17-13(9-20)7-12(8-19)16(21)23-17/h3-7H,2,10H2,1H3,(H2,21,23)(H,22,24). The molecule has 0 unspecified atom stereocenters. The molecule has 136 valence electrons. The lowest BCUT2D eigenvalue weighted by molar-refractivity contribution is -0.113. The number of ether oxygens (including phenoxy) is 1. The number of carbonyl (C=O) groups is 2. The summed E-state index contributed by atoms with van der Waals surface area (Å²) in [4.78, 5) is 27.7. The molecule has 1 heterocycles. The average Bonchev–Trinajstić information content (AvgIpc) is 2.67. The smallest absolute Gasteiger partial charge is 0.338 e. The highest BCUT2D eigenvalue weighted by Crippen LogP contribution is 2.24. The minimum Gasteiger partial charge on any atom is -0.462 e. The Hall–Kier alpha value is -3.56. The maximum Gasteiger partial charge on any atom is 0.338 e. The van der Waals surface area contributed by atoms with Crippen molar-refractivity contribution in [2.75, 3.05) is 23.4 Å². The lowest BCUT2D eigenvalue weighted by Crippen LogP contribution is -2.14. The number of nitrogens with one attached hydrogen (secondary N) is 1. The van der Waals surface area contributed by atoms with Crippen LogP contribution in [0.5, 0.6) is 0 Å². The van der Waals surface area contributed by atoms with Gasteiger partial charge in [-0.1, -0.05) is 11.8 Å². The van der Waals surface area contributed by atoms with E-state index in [9.17, 15) is 9.59 Å². The molecule has 0 radical (unpaired) electrons. The van der Waals surface area contributed by atoms with Gasteiger partial charge < -0.3 is 15.8 Å². The van der Waals surface area contributed by atoms with E-state index in [2.05, 4.69) is 10.3 Å². The number of aromatic nitrogens is 1. The SMILES string of the molecule is CCOC(=O)c1ccc(NC(=O)CSc2nc(N)c(C#N)cc2C#N)cc1. The minimum absolute atomic E-state index is 0.00729. The molecule has 2 rings (SSSR count). The average molecular weight is 381 g/mol. The van der Waals surface area contributed by atoms with E-state index in [1.54, 1.807) is 31.2 Å². The van der Waals surface area contributed by atoms with Gasteiger partial charge in [0.2, 0.25) is 5.91 Å². The Morgan fingerprint density at radius 1 is 1.22 bits per heavy atom. The summed E-state index contributed by atoms with van der Waals surface area (Å²) in [5.41, 5.74) is 6.85. The molecule has 0 bridgehead atoms. The summed E-state index contributed by atoms with van der Waals surface area (Å²) in [6.45, 7) is 2.01. The Kier molecular flexibility index (Phi) is 6.75. The van der Waals surface area contributed by atoms with E-state index < -0.39 is 5.97 Å². The lowest BCUT2D eigenvalue weighted by atomic mass is 10.2. The van der Waals surface area contributed by atoms with E-state index in [1.807, 2.05) is 12.1 Å². The first-order chi connectivity index (χ1) is 13.0. The first-order valence-corrected chi connectivity index (χ1v) is 8.77. The van der Waals surface area contributed by atoms with Crippen LogP contribution in [0.1, 0.15) is 28.4 Å².